The highest BCUT2D eigenvalue weighted by atomic mass is 16.5. The molecule has 0 radical (unpaired) electrons. The summed E-state index contributed by atoms with van der Waals surface area (Å²) in [5, 5.41) is 37.0. The smallest absolute Gasteiger partial charge is 0.334 e. The average molecular weight is 641 g/mol. The number of aliphatic carboxylic acids is 2. The highest BCUT2D eigenvalue weighted by Gasteiger charge is 2.41. The van der Waals surface area contributed by atoms with Gasteiger partial charge in [-0.15, -0.1) is 0 Å². The maximum absolute atomic E-state index is 12.7. The fourth-order valence-electron chi connectivity index (χ4n) is 6.46. The number of hydrogen-bond acceptors (Lipinski definition) is 7. The third kappa shape index (κ3) is 7.87. The van der Waals surface area contributed by atoms with Gasteiger partial charge in [0.05, 0.1) is 11.2 Å². The van der Waals surface area contributed by atoms with Crippen molar-refractivity contribution in [2.75, 3.05) is 31.5 Å². The number of benzene rings is 3. The molecule has 2 heterocycles. The molecule has 0 aromatic heterocycles. The maximum Gasteiger partial charge on any atom is 0.334 e. The van der Waals surface area contributed by atoms with E-state index < -0.39 is 35.4 Å². The third-order valence-corrected chi connectivity index (χ3v) is 8.81. The predicted octanol–water partition coefficient (Wildman–Crippen LogP) is 5.59. The number of rotatable bonds is 11. The molecule has 2 amide bonds. The number of nitrogens with one attached hydrogen (secondary N) is 2. The van der Waals surface area contributed by atoms with E-state index >= 15 is 0 Å². The number of ether oxygens (including phenoxy) is 1. The molecule has 1 saturated heterocycles. The Morgan fingerprint density at radius 2 is 1.66 bits per heavy atom. The number of hydrogen-bond donors (Lipinski definition) is 5. The third-order valence-electron chi connectivity index (χ3n) is 8.81. The van der Waals surface area contributed by atoms with Crippen molar-refractivity contribution in [3.05, 3.63) is 101 Å². The van der Waals surface area contributed by atoms with Gasteiger partial charge < -0.3 is 35.6 Å². The van der Waals surface area contributed by atoms with Gasteiger partial charge in [-0.1, -0.05) is 48.5 Å². The van der Waals surface area contributed by atoms with Crippen molar-refractivity contribution < 1.29 is 34.4 Å². The number of para-hydroxylation sites is 2. The van der Waals surface area contributed by atoms with Gasteiger partial charge >= 0.3 is 18.0 Å². The number of carboxylic acids is 2. The van der Waals surface area contributed by atoms with Crippen LogP contribution in [-0.2, 0) is 15.2 Å². The van der Waals surface area contributed by atoms with Gasteiger partial charge in [-0.3, -0.25) is 9.79 Å². The standard InChI is InChI=1S/C36H40N4O7/c1-23-30(33(41)42)32(31(34(43)44)24(2)38-23)25-10-8-11-26(22-25)39-35(45)37-18-9-19-40-20-16-36(46,17-21-40)28-14-6-7-15-29(28)47-27-12-4-3-5-13-27/h3-8,10-15,22,30,32,46H,9,16-21H2,1-2H3,(H,41,42)(H,43,44)(H2,37,39,45). The lowest BCUT2D eigenvalue weighted by Gasteiger charge is -2.39. The van der Waals surface area contributed by atoms with E-state index in [4.69, 9.17) is 4.74 Å². The number of amides is 2. The Bertz CT molecular complexity index is 1680. The summed E-state index contributed by atoms with van der Waals surface area (Å²) in [6.45, 7) is 5.70. The fourth-order valence-corrected chi connectivity index (χ4v) is 6.46. The Morgan fingerprint density at radius 3 is 2.36 bits per heavy atom. The Labute approximate surface area is 273 Å². The summed E-state index contributed by atoms with van der Waals surface area (Å²) < 4.78 is 6.10. The van der Waals surface area contributed by atoms with E-state index in [-0.39, 0.29) is 11.3 Å². The van der Waals surface area contributed by atoms with Gasteiger partial charge in [-0.2, -0.15) is 0 Å². The molecule has 5 N–H and O–H groups in total. The Morgan fingerprint density at radius 1 is 0.957 bits per heavy atom. The summed E-state index contributed by atoms with van der Waals surface area (Å²) in [5.74, 6) is -3.14. The second-order valence-corrected chi connectivity index (χ2v) is 12.0. The van der Waals surface area contributed by atoms with Gasteiger partial charge in [0.2, 0.25) is 0 Å². The Hall–Kier alpha value is -5.00. The van der Waals surface area contributed by atoms with Gasteiger partial charge in [0, 0.05) is 48.2 Å². The van der Waals surface area contributed by atoms with Crippen LogP contribution in [0.1, 0.15) is 50.2 Å². The molecule has 11 heteroatoms. The van der Waals surface area contributed by atoms with Crippen LogP contribution in [0.15, 0.2) is 95.1 Å². The zero-order chi connectivity index (χ0) is 33.6. The molecular formula is C36H40N4O7. The SMILES string of the molecule is CC1=NC(C)=C(C(=O)O)C(c2cccc(NC(=O)NCCCN3CCC(O)(c4ccccc4Oc4ccccc4)CC3)c2)C1C(=O)O. The van der Waals surface area contributed by atoms with E-state index in [1.54, 1.807) is 38.1 Å². The molecule has 0 spiro atoms. The van der Waals surface area contributed by atoms with Crippen molar-refractivity contribution in [2.45, 2.75) is 44.6 Å². The lowest BCUT2D eigenvalue weighted by atomic mass is 9.75. The molecule has 0 saturated carbocycles. The summed E-state index contributed by atoms with van der Waals surface area (Å²) in [6.07, 6.45) is 1.81. The molecule has 2 unspecified atom stereocenters. The molecule has 0 aliphatic carbocycles. The summed E-state index contributed by atoms with van der Waals surface area (Å²) in [4.78, 5) is 43.4. The topological polar surface area (TPSA) is 161 Å². The van der Waals surface area contributed by atoms with Crippen LogP contribution < -0.4 is 15.4 Å². The Kier molecular flexibility index (Phi) is 10.4. The molecule has 3 aromatic rings. The molecule has 5 rings (SSSR count). The summed E-state index contributed by atoms with van der Waals surface area (Å²) in [6, 6.07) is 23.3. The van der Waals surface area contributed by atoms with Gasteiger partial charge in [0.15, 0.2) is 0 Å². The van der Waals surface area contributed by atoms with E-state index in [0.717, 1.165) is 12.1 Å². The number of carbonyl (C=O) groups is 3. The number of nitrogens with zero attached hydrogens (tertiary/aromatic N) is 2. The van der Waals surface area contributed by atoms with Crippen molar-refractivity contribution in [1.82, 2.24) is 10.2 Å². The zero-order valence-electron chi connectivity index (χ0n) is 26.5. The van der Waals surface area contributed by atoms with Crippen LogP contribution in [0.2, 0.25) is 0 Å². The van der Waals surface area contributed by atoms with Crippen molar-refractivity contribution in [3.8, 4) is 11.5 Å². The van der Waals surface area contributed by atoms with Crippen LogP contribution in [0.5, 0.6) is 11.5 Å². The van der Waals surface area contributed by atoms with Crippen molar-refractivity contribution in [1.29, 1.82) is 0 Å². The summed E-state index contributed by atoms with van der Waals surface area (Å²) in [5.41, 5.74) is 1.16. The molecule has 1 fully saturated rings. The fraction of sp³-hybridized carbons (Fsp3) is 0.333. The van der Waals surface area contributed by atoms with E-state index in [1.165, 1.54) is 0 Å². The minimum absolute atomic E-state index is 0.0783. The molecule has 47 heavy (non-hydrogen) atoms. The van der Waals surface area contributed by atoms with Crippen LogP contribution >= 0.6 is 0 Å². The second kappa shape index (κ2) is 14.6. The number of anilines is 1. The first-order chi connectivity index (χ1) is 22.6. The van der Waals surface area contributed by atoms with Gasteiger partial charge in [0.1, 0.15) is 17.4 Å². The first-order valence-corrected chi connectivity index (χ1v) is 15.7. The molecule has 2 aliphatic rings. The Balaban J connectivity index is 1.12. The van der Waals surface area contributed by atoms with Crippen LogP contribution in [-0.4, -0.2) is 70.1 Å². The molecular weight excluding hydrogens is 600 g/mol. The van der Waals surface area contributed by atoms with Gasteiger partial charge in [-0.05, 0) is 75.5 Å². The molecule has 11 nitrogen and oxygen atoms in total. The van der Waals surface area contributed by atoms with E-state index in [2.05, 4.69) is 20.5 Å². The lowest BCUT2D eigenvalue weighted by molar-refractivity contribution is -0.140. The van der Waals surface area contributed by atoms with Crippen molar-refractivity contribution in [2.24, 2.45) is 10.9 Å². The van der Waals surface area contributed by atoms with Crippen molar-refractivity contribution in [3.63, 3.8) is 0 Å². The lowest BCUT2D eigenvalue weighted by Crippen LogP contribution is -2.43. The van der Waals surface area contributed by atoms with Crippen molar-refractivity contribution >= 4 is 29.4 Å². The van der Waals surface area contributed by atoms with Gasteiger partial charge in [0.25, 0.3) is 0 Å². The first kappa shape index (κ1) is 33.4. The highest BCUT2D eigenvalue weighted by molar-refractivity contribution is 6.06. The number of urea groups is 1. The number of likely N-dealkylation sites (tertiary alicyclic amines) is 1. The van der Waals surface area contributed by atoms with Crippen LogP contribution in [0.4, 0.5) is 10.5 Å². The molecule has 246 valence electrons. The van der Waals surface area contributed by atoms with E-state index in [0.29, 0.717) is 67.4 Å². The average Bonchev–Trinajstić information content (AvgIpc) is 3.04. The van der Waals surface area contributed by atoms with Crippen LogP contribution in [0.25, 0.3) is 0 Å². The summed E-state index contributed by atoms with van der Waals surface area (Å²) in [7, 11) is 0. The monoisotopic (exact) mass is 640 g/mol. The first-order valence-electron chi connectivity index (χ1n) is 15.7. The largest absolute Gasteiger partial charge is 0.481 e. The number of aliphatic hydroxyl groups is 1. The highest BCUT2D eigenvalue weighted by Crippen LogP contribution is 2.41. The minimum Gasteiger partial charge on any atom is -0.481 e. The molecule has 0 bridgehead atoms. The maximum atomic E-state index is 12.7. The van der Waals surface area contributed by atoms with Crippen LogP contribution in [0, 0.1) is 5.92 Å². The minimum atomic E-state index is -1.23. The molecule has 2 aliphatic heterocycles. The number of carboxylic acid groups (broad SMARTS) is 2. The number of piperidine rings is 1. The summed E-state index contributed by atoms with van der Waals surface area (Å²) >= 11 is 0. The zero-order valence-corrected chi connectivity index (χ0v) is 26.5. The second-order valence-electron chi connectivity index (χ2n) is 12.0. The quantitative estimate of drug-likeness (QED) is 0.170. The van der Waals surface area contributed by atoms with E-state index in [1.807, 2.05) is 54.6 Å². The number of allylic oxidation sites excluding steroid dienone is 1. The number of carbonyl (C=O) groups excluding carboxylic acids is 1. The van der Waals surface area contributed by atoms with Crippen LogP contribution in [0.3, 0.4) is 0 Å². The molecule has 3 aromatic carbocycles. The normalized spacial score (nSPS) is 19.4. The van der Waals surface area contributed by atoms with E-state index in [9.17, 15) is 29.7 Å². The molecule has 2 atom stereocenters. The van der Waals surface area contributed by atoms with Gasteiger partial charge in [-0.25, -0.2) is 9.59 Å². The predicted molar refractivity (Wildman–Crippen MR) is 178 cm³/mol. The number of aliphatic imine (C=N–C) groups is 1.